The zero-order valence-corrected chi connectivity index (χ0v) is 19.1. The Balaban J connectivity index is 1.63. The summed E-state index contributed by atoms with van der Waals surface area (Å²) in [5, 5.41) is 9.88. The second kappa shape index (κ2) is 10.5. The van der Waals surface area contributed by atoms with Gasteiger partial charge in [0.05, 0.1) is 23.2 Å². The van der Waals surface area contributed by atoms with Crippen molar-refractivity contribution in [2.75, 3.05) is 39.6 Å². The lowest BCUT2D eigenvalue weighted by Gasteiger charge is -2.33. The summed E-state index contributed by atoms with van der Waals surface area (Å²) in [6.07, 6.45) is 3.23. The zero-order valence-electron chi connectivity index (χ0n) is 18.3. The van der Waals surface area contributed by atoms with Crippen molar-refractivity contribution in [3.63, 3.8) is 0 Å². The summed E-state index contributed by atoms with van der Waals surface area (Å²) in [6.45, 7) is 4.11. The summed E-state index contributed by atoms with van der Waals surface area (Å²) in [4.78, 5) is 10.3. The maximum Gasteiger partial charge on any atom is 0.229 e. The summed E-state index contributed by atoms with van der Waals surface area (Å²) < 4.78 is 54.1. The maximum absolute atomic E-state index is 14.4. The number of β-amino-alcohol motifs (C(OH)–C–C–N with tert-alkyl or cyclic N) is 1. The molecule has 0 saturated carbocycles. The van der Waals surface area contributed by atoms with Crippen LogP contribution in [0.3, 0.4) is 0 Å². The second-order valence-electron chi connectivity index (χ2n) is 7.80. The van der Waals surface area contributed by atoms with E-state index in [1.165, 1.54) is 18.5 Å². The molecule has 32 heavy (non-hydrogen) atoms. The molecule has 3 rings (SSSR count). The molecule has 1 aromatic carbocycles. The van der Waals surface area contributed by atoms with Gasteiger partial charge in [0.25, 0.3) is 0 Å². The fourth-order valence-electron chi connectivity index (χ4n) is 3.45. The predicted molar refractivity (Wildman–Crippen MR) is 114 cm³/mol. The maximum atomic E-state index is 14.4. The molecule has 1 atom stereocenters. The van der Waals surface area contributed by atoms with E-state index in [0.29, 0.717) is 24.6 Å². The lowest BCUT2D eigenvalue weighted by molar-refractivity contribution is 0.0200. The van der Waals surface area contributed by atoms with Crippen molar-refractivity contribution in [3.8, 4) is 17.5 Å². The van der Waals surface area contributed by atoms with Crippen molar-refractivity contribution in [2.24, 2.45) is 0 Å². The molecule has 0 spiro atoms. The smallest absolute Gasteiger partial charge is 0.229 e. The summed E-state index contributed by atoms with van der Waals surface area (Å²) in [6, 6.07) is 3.44. The number of nitrogens with zero attached hydrogens (tertiary/aromatic N) is 3. The Labute approximate surface area is 187 Å². The van der Waals surface area contributed by atoms with Crippen molar-refractivity contribution in [3.05, 3.63) is 35.9 Å². The first kappa shape index (κ1) is 24.3. The highest BCUT2D eigenvalue weighted by Gasteiger charge is 2.24. The second-order valence-corrected chi connectivity index (χ2v) is 9.82. The third-order valence-electron chi connectivity index (χ3n) is 5.17. The van der Waals surface area contributed by atoms with E-state index in [1.807, 2.05) is 0 Å². The molecule has 1 saturated heterocycles. The minimum absolute atomic E-state index is 0.0574. The highest BCUT2D eigenvalue weighted by Crippen LogP contribution is 2.31. The van der Waals surface area contributed by atoms with Gasteiger partial charge in [-0.15, -0.1) is 0 Å². The van der Waals surface area contributed by atoms with Gasteiger partial charge in [-0.25, -0.2) is 22.8 Å². The minimum atomic E-state index is -3.52. The third-order valence-corrected chi connectivity index (χ3v) is 6.28. The average molecular weight is 470 g/mol. The van der Waals surface area contributed by atoms with E-state index in [9.17, 15) is 17.9 Å². The van der Waals surface area contributed by atoms with E-state index in [4.69, 9.17) is 14.2 Å². The third kappa shape index (κ3) is 6.35. The van der Waals surface area contributed by atoms with Crippen LogP contribution in [0.4, 0.5) is 4.39 Å². The number of piperidine rings is 1. The number of hydrogen-bond acceptors (Lipinski definition) is 9. The standard InChI is InChI=1S/C21H28FN3O6S/c1-14-20(30-16-6-8-25(9-7-16)11-15(26)12-29-2)23-13-24-21(14)31-19-5-4-17(10-18(19)22)32(3,27)28/h4-5,10,13,15-16,26H,6-9,11-12H2,1-3H3/t15-/m0/s1. The Morgan fingerprint density at radius 1 is 1.25 bits per heavy atom. The number of methoxy groups -OCH3 is 1. The Morgan fingerprint density at radius 3 is 2.56 bits per heavy atom. The molecule has 0 amide bonds. The van der Waals surface area contributed by atoms with Gasteiger partial charge in [-0.2, -0.15) is 0 Å². The molecule has 0 unspecified atom stereocenters. The number of benzene rings is 1. The van der Waals surface area contributed by atoms with Crippen LogP contribution in [0, 0.1) is 12.7 Å². The first-order valence-electron chi connectivity index (χ1n) is 10.2. The molecule has 2 heterocycles. The quantitative estimate of drug-likeness (QED) is 0.589. The number of likely N-dealkylation sites (tertiary alicyclic amines) is 1. The molecule has 176 valence electrons. The first-order valence-corrected chi connectivity index (χ1v) is 12.1. The van der Waals surface area contributed by atoms with Crippen molar-refractivity contribution in [1.29, 1.82) is 0 Å². The molecule has 1 aliphatic heterocycles. The number of ether oxygens (including phenoxy) is 3. The van der Waals surface area contributed by atoms with Gasteiger partial charge in [-0.05, 0) is 38.0 Å². The molecule has 1 aromatic heterocycles. The Morgan fingerprint density at radius 2 is 1.94 bits per heavy atom. The number of rotatable bonds is 9. The van der Waals surface area contributed by atoms with Crippen molar-refractivity contribution in [1.82, 2.24) is 14.9 Å². The first-order chi connectivity index (χ1) is 15.2. The molecule has 0 bridgehead atoms. The molecular formula is C21H28FN3O6S. The molecular weight excluding hydrogens is 441 g/mol. The van der Waals surface area contributed by atoms with Gasteiger partial charge in [0.15, 0.2) is 21.4 Å². The van der Waals surface area contributed by atoms with E-state index in [0.717, 1.165) is 38.3 Å². The molecule has 1 N–H and O–H groups in total. The molecule has 1 aliphatic rings. The lowest BCUT2D eigenvalue weighted by atomic mass is 10.1. The summed E-state index contributed by atoms with van der Waals surface area (Å²) in [7, 11) is -1.96. The SMILES string of the molecule is COC[C@@H](O)CN1CCC(Oc2ncnc(Oc3ccc(S(C)(=O)=O)cc3F)c2C)CC1. The van der Waals surface area contributed by atoms with E-state index in [2.05, 4.69) is 14.9 Å². The van der Waals surface area contributed by atoms with Gasteiger partial charge in [-0.3, -0.25) is 0 Å². The van der Waals surface area contributed by atoms with Crippen LogP contribution in [-0.4, -0.2) is 80.2 Å². The van der Waals surface area contributed by atoms with E-state index in [-0.39, 0.29) is 22.6 Å². The Kier molecular flexibility index (Phi) is 7.99. The van der Waals surface area contributed by atoms with E-state index >= 15 is 0 Å². The number of hydrogen-bond donors (Lipinski definition) is 1. The molecule has 1 fully saturated rings. The fourth-order valence-corrected chi connectivity index (χ4v) is 4.08. The average Bonchev–Trinajstić information content (AvgIpc) is 2.73. The van der Waals surface area contributed by atoms with E-state index in [1.54, 1.807) is 14.0 Å². The van der Waals surface area contributed by atoms with Crippen LogP contribution < -0.4 is 9.47 Å². The van der Waals surface area contributed by atoms with Crippen LogP contribution >= 0.6 is 0 Å². The number of aliphatic hydroxyl groups excluding tert-OH is 1. The van der Waals surface area contributed by atoms with Gasteiger partial charge in [0.1, 0.15) is 12.4 Å². The summed E-state index contributed by atoms with van der Waals surface area (Å²) in [5.74, 6) is -0.480. The van der Waals surface area contributed by atoms with Crippen LogP contribution in [0.2, 0.25) is 0 Å². The lowest BCUT2D eigenvalue weighted by Crippen LogP contribution is -2.42. The molecule has 0 radical (unpaired) electrons. The highest BCUT2D eigenvalue weighted by molar-refractivity contribution is 7.90. The van der Waals surface area contributed by atoms with Crippen LogP contribution in [0.5, 0.6) is 17.5 Å². The topological polar surface area (TPSA) is 111 Å². The van der Waals surface area contributed by atoms with E-state index < -0.39 is 21.8 Å². The highest BCUT2D eigenvalue weighted by atomic mass is 32.2. The van der Waals surface area contributed by atoms with Gasteiger partial charge < -0.3 is 24.2 Å². The normalized spacial score (nSPS) is 16.7. The zero-order chi connectivity index (χ0) is 23.3. The van der Waals surface area contributed by atoms with Gasteiger partial charge in [-0.1, -0.05) is 0 Å². The number of sulfone groups is 1. The van der Waals surface area contributed by atoms with Crippen LogP contribution in [-0.2, 0) is 14.6 Å². The van der Waals surface area contributed by atoms with Crippen LogP contribution in [0.25, 0.3) is 0 Å². The largest absolute Gasteiger partial charge is 0.474 e. The predicted octanol–water partition coefficient (Wildman–Crippen LogP) is 1.97. The van der Waals surface area contributed by atoms with Crippen LogP contribution in [0.1, 0.15) is 18.4 Å². The fraction of sp³-hybridized carbons (Fsp3) is 0.524. The molecule has 0 aliphatic carbocycles. The Bertz CT molecular complexity index is 1030. The van der Waals surface area contributed by atoms with Gasteiger partial charge in [0.2, 0.25) is 11.8 Å². The Hall–Kier alpha value is -2.34. The van der Waals surface area contributed by atoms with Crippen LogP contribution in [0.15, 0.2) is 29.4 Å². The van der Waals surface area contributed by atoms with Gasteiger partial charge in [0, 0.05) is 33.0 Å². The number of aromatic nitrogens is 2. The van der Waals surface area contributed by atoms with Crippen molar-refractivity contribution in [2.45, 2.75) is 36.9 Å². The van der Waals surface area contributed by atoms with Gasteiger partial charge >= 0.3 is 0 Å². The summed E-state index contributed by atoms with van der Waals surface area (Å²) >= 11 is 0. The number of halogens is 1. The minimum Gasteiger partial charge on any atom is -0.474 e. The van der Waals surface area contributed by atoms with Crippen molar-refractivity contribution < 1.29 is 32.1 Å². The number of aliphatic hydroxyl groups is 1. The monoisotopic (exact) mass is 469 g/mol. The van der Waals surface area contributed by atoms with Crippen molar-refractivity contribution >= 4 is 9.84 Å². The molecule has 11 heteroatoms. The molecule has 2 aromatic rings. The summed E-state index contributed by atoms with van der Waals surface area (Å²) in [5.41, 5.74) is 0.511. The molecule has 9 nitrogen and oxygen atoms in total.